The van der Waals surface area contributed by atoms with Gasteiger partial charge in [-0.05, 0) is 43.4 Å². The Kier molecular flexibility index (Phi) is 4.32. The Labute approximate surface area is 129 Å². The molecule has 5 nitrogen and oxygen atoms in total. The molecule has 1 aromatic heterocycles. The summed E-state index contributed by atoms with van der Waals surface area (Å²) >= 11 is 0. The van der Waals surface area contributed by atoms with Crippen molar-refractivity contribution in [2.24, 2.45) is 0 Å². The van der Waals surface area contributed by atoms with Crippen molar-refractivity contribution in [3.8, 4) is 5.75 Å². The van der Waals surface area contributed by atoms with E-state index in [0.29, 0.717) is 12.2 Å². The summed E-state index contributed by atoms with van der Waals surface area (Å²) in [5.41, 5.74) is 3.59. The Bertz CT molecular complexity index is 668. The quantitative estimate of drug-likeness (QED) is 0.940. The van der Waals surface area contributed by atoms with Crippen molar-refractivity contribution in [2.75, 3.05) is 7.11 Å². The summed E-state index contributed by atoms with van der Waals surface area (Å²) in [7, 11) is 1.63. The van der Waals surface area contributed by atoms with Crippen LogP contribution in [-0.2, 0) is 19.4 Å². The van der Waals surface area contributed by atoms with Gasteiger partial charge in [0.25, 0.3) is 5.91 Å². The Morgan fingerprint density at radius 1 is 1.18 bits per heavy atom. The summed E-state index contributed by atoms with van der Waals surface area (Å²) in [5.74, 6) is 0.677. The Balaban J connectivity index is 1.69. The molecule has 0 fully saturated rings. The maximum Gasteiger partial charge on any atom is 0.270 e. The summed E-state index contributed by atoms with van der Waals surface area (Å²) in [4.78, 5) is 20.9. The fraction of sp³-hybridized carbons (Fsp3) is 0.353. The molecule has 0 saturated heterocycles. The number of amides is 1. The lowest BCUT2D eigenvalue weighted by molar-refractivity contribution is 0.0944. The highest BCUT2D eigenvalue weighted by Crippen LogP contribution is 2.21. The summed E-state index contributed by atoms with van der Waals surface area (Å²) in [6.07, 6.45) is 5.56. The lowest BCUT2D eigenvalue weighted by Gasteiger charge is -2.16. The van der Waals surface area contributed by atoms with Crippen molar-refractivity contribution in [1.82, 2.24) is 15.3 Å². The van der Waals surface area contributed by atoms with Crippen LogP contribution < -0.4 is 10.1 Å². The molecule has 0 spiro atoms. The lowest BCUT2D eigenvalue weighted by Crippen LogP contribution is -2.26. The summed E-state index contributed by atoms with van der Waals surface area (Å²) < 4.78 is 5.12. The number of ether oxygens (including phenoxy) is 1. The van der Waals surface area contributed by atoms with Crippen LogP contribution in [0.4, 0.5) is 0 Å². The molecule has 1 aromatic carbocycles. The van der Waals surface area contributed by atoms with Gasteiger partial charge in [0.1, 0.15) is 17.8 Å². The first-order valence-electron chi connectivity index (χ1n) is 7.52. The van der Waals surface area contributed by atoms with E-state index in [1.807, 2.05) is 24.3 Å². The number of hydrogen-bond acceptors (Lipinski definition) is 4. The predicted molar refractivity (Wildman–Crippen MR) is 82.8 cm³/mol. The zero-order chi connectivity index (χ0) is 15.4. The number of hydrogen-bond donors (Lipinski definition) is 1. The molecular weight excluding hydrogens is 278 g/mol. The molecule has 114 valence electrons. The molecule has 0 radical (unpaired) electrons. The zero-order valence-electron chi connectivity index (χ0n) is 12.6. The Morgan fingerprint density at radius 2 is 1.95 bits per heavy atom. The predicted octanol–water partition coefficient (Wildman–Crippen LogP) is 2.29. The van der Waals surface area contributed by atoms with Gasteiger partial charge in [-0.15, -0.1) is 0 Å². The highest BCUT2D eigenvalue weighted by atomic mass is 16.5. The second-order valence-electron chi connectivity index (χ2n) is 5.39. The highest BCUT2D eigenvalue weighted by Gasteiger charge is 2.19. The van der Waals surface area contributed by atoms with E-state index >= 15 is 0 Å². The average Bonchev–Trinajstić information content (AvgIpc) is 2.59. The van der Waals surface area contributed by atoms with Crippen LogP contribution in [0.5, 0.6) is 5.75 Å². The number of aromatic nitrogens is 2. The van der Waals surface area contributed by atoms with E-state index in [4.69, 9.17) is 4.74 Å². The van der Waals surface area contributed by atoms with Gasteiger partial charge < -0.3 is 10.1 Å². The minimum Gasteiger partial charge on any atom is -0.497 e. The number of rotatable bonds is 4. The van der Waals surface area contributed by atoms with E-state index in [0.717, 1.165) is 48.3 Å². The smallest absolute Gasteiger partial charge is 0.270 e. The SMILES string of the molecule is COc1ccc(CNC(=O)c2ncnc3c2CCCC3)cc1. The number of nitrogens with one attached hydrogen (secondary N) is 1. The van der Waals surface area contributed by atoms with Crippen LogP contribution in [0.3, 0.4) is 0 Å². The normalized spacial score (nSPS) is 13.3. The fourth-order valence-electron chi connectivity index (χ4n) is 2.73. The third-order valence-corrected chi connectivity index (χ3v) is 3.95. The monoisotopic (exact) mass is 297 g/mol. The van der Waals surface area contributed by atoms with E-state index in [9.17, 15) is 4.79 Å². The molecule has 22 heavy (non-hydrogen) atoms. The Hall–Kier alpha value is -2.43. The van der Waals surface area contributed by atoms with E-state index < -0.39 is 0 Å². The highest BCUT2D eigenvalue weighted by molar-refractivity contribution is 5.93. The van der Waals surface area contributed by atoms with Crippen molar-refractivity contribution in [2.45, 2.75) is 32.2 Å². The number of carbonyl (C=O) groups excluding carboxylic acids is 1. The third-order valence-electron chi connectivity index (χ3n) is 3.95. The fourth-order valence-corrected chi connectivity index (χ4v) is 2.73. The van der Waals surface area contributed by atoms with E-state index in [1.54, 1.807) is 7.11 Å². The van der Waals surface area contributed by atoms with Crippen LogP contribution in [-0.4, -0.2) is 23.0 Å². The van der Waals surface area contributed by atoms with Gasteiger partial charge in [0, 0.05) is 17.8 Å². The molecule has 1 N–H and O–H groups in total. The maximum absolute atomic E-state index is 12.4. The first kappa shape index (κ1) is 14.5. The minimum atomic E-state index is -0.128. The molecular formula is C17H19N3O2. The third kappa shape index (κ3) is 3.08. The summed E-state index contributed by atoms with van der Waals surface area (Å²) in [5, 5.41) is 2.93. The summed E-state index contributed by atoms with van der Waals surface area (Å²) in [6.45, 7) is 0.474. The van der Waals surface area contributed by atoms with E-state index in [2.05, 4.69) is 15.3 Å². The van der Waals surface area contributed by atoms with E-state index in [1.165, 1.54) is 6.33 Å². The molecule has 1 aliphatic carbocycles. The van der Waals surface area contributed by atoms with Crippen LogP contribution in [0.1, 0.15) is 40.2 Å². The zero-order valence-corrected chi connectivity index (χ0v) is 12.6. The van der Waals surface area contributed by atoms with Gasteiger partial charge in [-0.25, -0.2) is 9.97 Å². The van der Waals surface area contributed by atoms with Crippen LogP contribution in [0.25, 0.3) is 0 Å². The first-order valence-corrected chi connectivity index (χ1v) is 7.52. The molecule has 3 rings (SSSR count). The molecule has 0 atom stereocenters. The number of fused-ring (bicyclic) bond motifs is 1. The van der Waals surface area contributed by atoms with Gasteiger partial charge in [0.05, 0.1) is 7.11 Å². The summed E-state index contributed by atoms with van der Waals surface area (Å²) in [6, 6.07) is 7.64. The van der Waals surface area contributed by atoms with Gasteiger partial charge in [0.2, 0.25) is 0 Å². The number of nitrogens with zero attached hydrogens (tertiary/aromatic N) is 2. The Morgan fingerprint density at radius 3 is 2.73 bits per heavy atom. The lowest BCUT2D eigenvalue weighted by atomic mass is 9.94. The van der Waals surface area contributed by atoms with Gasteiger partial charge in [-0.1, -0.05) is 12.1 Å². The van der Waals surface area contributed by atoms with Crippen molar-refractivity contribution in [3.63, 3.8) is 0 Å². The number of benzene rings is 1. The molecule has 0 aliphatic heterocycles. The van der Waals surface area contributed by atoms with Gasteiger partial charge in [-0.2, -0.15) is 0 Å². The molecule has 2 aromatic rings. The van der Waals surface area contributed by atoms with Gasteiger partial charge >= 0.3 is 0 Å². The second kappa shape index (κ2) is 6.56. The van der Waals surface area contributed by atoms with Crippen molar-refractivity contribution in [3.05, 3.63) is 53.1 Å². The molecule has 0 saturated carbocycles. The van der Waals surface area contributed by atoms with E-state index in [-0.39, 0.29) is 5.91 Å². The molecule has 0 unspecified atom stereocenters. The largest absolute Gasteiger partial charge is 0.497 e. The number of carbonyl (C=O) groups is 1. The minimum absolute atomic E-state index is 0.128. The second-order valence-corrected chi connectivity index (χ2v) is 5.39. The van der Waals surface area contributed by atoms with Crippen molar-refractivity contribution >= 4 is 5.91 Å². The van der Waals surface area contributed by atoms with Gasteiger partial charge in [-0.3, -0.25) is 4.79 Å². The van der Waals surface area contributed by atoms with Crippen LogP contribution in [0.15, 0.2) is 30.6 Å². The molecule has 1 amide bonds. The van der Waals surface area contributed by atoms with Crippen molar-refractivity contribution < 1.29 is 9.53 Å². The van der Waals surface area contributed by atoms with Gasteiger partial charge in [0.15, 0.2) is 0 Å². The van der Waals surface area contributed by atoms with Crippen LogP contribution in [0, 0.1) is 0 Å². The number of methoxy groups -OCH3 is 1. The standard InChI is InChI=1S/C17H19N3O2/c1-22-13-8-6-12(7-9-13)10-18-17(21)16-14-4-2-3-5-15(14)19-11-20-16/h6-9,11H,2-5,10H2,1H3,(H,18,21). The molecule has 5 heteroatoms. The number of aryl methyl sites for hydroxylation is 1. The maximum atomic E-state index is 12.4. The van der Waals surface area contributed by atoms with Crippen molar-refractivity contribution in [1.29, 1.82) is 0 Å². The topological polar surface area (TPSA) is 64.1 Å². The first-order chi connectivity index (χ1) is 10.8. The molecule has 1 heterocycles. The average molecular weight is 297 g/mol. The molecule has 1 aliphatic rings. The molecule has 0 bridgehead atoms. The van der Waals surface area contributed by atoms with Crippen LogP contribution in [0.2, 0.25) is 0 Å². The van der Waals surface area contributed by atoms with Crippen LogP contribution >= 0.6 is 0 Å².